The van der Waals surface area contributed by atoms with Crippen LogP contribution >= 0.6 is 11.6 Å². The van der Waals surface area contributed by atoms with E-state index in [0.29, 0.717) is 24.0 Å². The van der Waals surface area contributed by atoms with E-state index in [1.54, 1.807) is 28.8 Å². The van der Waals surface area contributed by atoms with Crippen molar-refractivity contribution in [1.29, 1.82) is 5.26 Å². The fourth-order valence-corrected chi connectivity index (χ4v) is 3.52. The summed E-state index contributed by atoms with van der Waals surface area (Å²) in [6.45, 7) is 3.05. The number of hydrogen-bond acceptors (Lipinski definition) is 6. The zero-order valence-electron chi connectivity index (χ0n) is 17.5. The van der Waals surface area contributed by atoms with E-state index in [2.05, 4.69) is 18.4 Å². The third-order valence-corrected chi connectivity index (χ3v) is 5.33. The topological polar surface area (TPSA) is 77.6 Å². The summed E-state index contributed by atoms with van der Waals surface area (Å²) < 4.78 is 12.1. The van der Waals surface area contributed by atoms with Crippen molar-refractivity contribution in [2.45, 2.75) is 31.6 Å². The van der Waals surface area contributed by atoms with Crippen LogP contribution in [0.1, 0.15) is 31.7 Å². The first-order valence-corrected chi connectivity index (χ1v) is 10.6. The molecule has 1 N–H and O–H groups in total. The summed E-state index contributed by atoms with van der Waals surface area (Å²) in [7, 11) is 0. The minimum atomic E-state index is -0.770. The Kier molecular flexibility index (Phi) is 7.88. The van der Waals surface area contributed by atoms with E-state index in [-0.39, 0.29) is 6.73 Å². The SMILES string of the molecule is CCCCC(C#N)(CN1C=[N+](COC(=O)Oc2ccccc2)CN1)c1ccc(Cl)cc1. The van der Waals surface area contributed by atoms with Crippen LogP contribution in [0.2, 0.25) is 5.02 Å². The van der Waals surface area contributed by atoms with E-state index in [0.717, 1.165) is 24.8 Å². The van der Waals surface area contributed by atoms with Crippen molar-refractivity contribution in [2.24, 2.45) is 0 Å². The molecule has 0 aromatic heterocycles. The van der Waals surface area contributed by atoms with Crippen LogP contribution in [-0.2, 0) is 10.2 Å². The van der Waals surface area contributed by atoms with Crippen molar-refractivity contribution in [3.8, 4) is 11.8 Å². The minimum absolute atomic E-state index is 0.0324. The number of nitrogens with one attached hydrogen (secondary N) is 1. The zero-order chi connectivity index (χ0) is 22.1. The standard InChI is InChI=1S/C23H26ClN4O3/c1-2-3-13-23(14-25,19-9-11-20(24)12-10-19)15-28-17-27(16-26-28)18-30-22(29)31-21-7-5-4-6-8-21/h4-12,17,26H,2-3,13,15-16,18H2,1H3/q+1. The molecule has 0 aliphatic carbocycles. The zero-order valence-corrected chi connectivity index (χ0v) is 18.2. The van der Waals surface area contributed by atoms with Crippen molar-refractivity contribution >= 4 is 24.1 Å². The third-order valence-electron chi connectivity index (χ3n) is 5.08. The highest BCUT2D eigenvalue weighted by atomic mass is 35.5. The number of nitrogens with zero attached hydrogens (tertiary/aromatic N) is 3. The van der Waals surface area contributed by atoms with Gasteiger partial charge in [-0.25, -0.2) is 9.37 Å². The summed E-state index contributed by atoms with van der Waals surface area (Å²) >= 11 is 6.04. The van der Waals surface area contributed by atoms with Gasteiger partial charge in [-0.3, -0.25) is 0 Å². The second kappa shape index (κ2) is 10.8. The second-order valence-electron chi connectivity index (χ2n) is 7.39. The van der Waals surface area contributed by atoms with Gasteiger partial charge < -0.3 is 9.47 Å². The average molecular weight is 442 g/mol. The van der Waals surface area contributed by atoms with Crippen molar-refractivity contribution in [3.05, 3.63) is 65.2 Å². The number of hydrazine groups is 1. The number of rotatable bonds is 9. The highest BCUT2D eigenvalue weighted by Crippen LogP contribution is 2.31. The Morgan fingerprint density at radius 1 is 1.26 bits per heavy atom. The Bertz CT molecular complexity index is 944. The van der Waals surface area contributed by atoms with Gasteiger partial charge in [-0.2, -0.15) is 10.3 Å². The maximum atomic E-state index is 11.9. The molecule has 8 heteroatoms. The Morgan fingerprint density at radius 3 is 2.68 bits per heavy atom. The average Bonchev–Trinajstić information content (AvgIpc) is 3.24. The predicted molar refractivity (Wildman–Crippen MR) is 118 cm³/mol. The van der Waals surface area contributed by atoms with Crippen LogP contribution in [-0.4, -0.2) is 42.0 Å². The van der Waals surface area contributed by atoms with Gasteiger partial charge in [-0.15, -0.1) is 5.43 Å². The summed E-state index contributed by atoms with van der Waals surface area (Å²) in [4.78, 5) is 11.9. The van der Waals surface area contributed by atoms with Crippen molar-refractivity contribution in [2.75, 3.05) is 19.9 Å². The number of carbonyl (C=O) groups is 1. The molecule has 0 spiro atoms. The van der Waals surface area contributed by atoms with Crippen molar-refractivity contribution in [3.63, 3.8) is 0 Å². The van der Waals surface area contributed by atoms with Gasteiger partial charge in [-0.1, -0.05) is 61.7 Å². The number of nitriles is 1. The number of benzene rings is 2. The van der Waals surface area contributed by atoms with Gasteiger partial charge in [0, 0.05) is 5.02 Å². The number of para-hydroxylation sites is 1. The normalized spacial score (nSPS) is 15.0. The van der Waals surface area contributed by atoms with E-state index < -0.39 is 11.6 Å². The first-order valence-electron chi connectivity index (χ1n) is 10.2. The Labute approximate surface area is 187 Å². The molecule has 0 amide bonds. The number of ether oxygens (including phenoxy) is 2. The molecule has 0 saturated heterocycles. The van der Waals surface area contributed by atoms with Crippen LogP contribution in [0.4, 0.5) is 4.79 Å². The fraction of sp³-hybridized carbons (Fsp3) is 0.348. The Hall–Kier alpha value is -3.08. The lowest BCUT2D eigenvalue weighted by Crippen LogP contribution is -2.43. The third kappa shape index (κ3) is 6.20. The largest absolute Gasteiger partial charge is 0.517 e. The number of halogens is 1. The maximum Gasteiger partial charge on any atom is 0.517 e. The van der Waals surface area contributed by atoms with Crippen LogP contribution < -0.4 is 10.2 Å². The molecule has 0 bridgehead atoms. The highest BCUT2D eigenvalue weighted by molar-refractivity contribution is 6.30. The van der Waals surface area contributed by atoms with E-state index in [9.17, 15) is 10.1 Å². The molecule has 1 aliphatic heterocycles. The quantitative estimate of drug-likeness (QED) is 0.355. The van der Waals surface area contributed by atoms with Gasteiger partial charge in [0.1, 0.15) is 17.7 Å². The lowest BCUT2D eigenvalue weighted by Gasteiger charge is -2.27. The van der Waals surface area contributed by atoms with Crippen molar-refractivity contribution in [1.82, 2.24) is 10.4 Å². The first-order chi connectivity index (χ1) is 15.0. The molecule has 2 aromatic carbocycles. The fourth-order valence-electron chi connectivity index (χ4n) is 3.39. The van der Waals surface area contributed by atoms with Crippen molar-refractivity contribution < 1.29 is 18.8 Å². The molecule has 1 aliphatic rings. The molecule has 3 rings (SSSR count). The van der Waals surface area contributed by atoms with E-state index in [1.807, 2.05) is 41.7 Å². The Balaban J connectivity index is 1.62. The van der Waals surface area contributed by atoms with Gasteiger partial charge in [0.25, 0.3) is 6.34 Å². The van der Waals surface area contributed by atoms with Crippen LogP contribution in [0.5, 0.6) is 5.75 Å². The lowest BCUT2D eigenvalue weighted by atomic mass is 9.77. The minimum Gasteiger partial charge on any atom is -0.395 e. The van der Waals surface area contributed by atoms with Gasteiger partial charge in [-0.05, 0) is 36.2 Å². The molecule has 0 radical (unpaired) electrons. The number of hydrogen-bond donors (Lipinski definition) is 1. The molecule has 31 heavy (non-hydrogen) atoms. The van der Waals surface area contributed by atoms with Crippen LogP contribution in [0.3, 0.4) is 0 Å². The molecule has 1 unspecified atom stereocenters. The summed E-state index contributed by atoms with van der Waals surface area (Å²) in [6.07, 6.45) is 3.70. The molecule has 1 heterocycles. The van der Waals surface area contributed by atoms with Crippen LogP contribution in [0.25, 0.3) is 0 Å². The van der Waals surface area contributed by atoms with Crippen LogP contribution in [0, 0.1) is 11.3 Å². The Morgan fingerprint density at radius 2 is 2.00 bits per heavy atom. The van der Waals surface area contributed by atoms with E-state index >= 15 is 0 Å². The van der Waals surface area contributed by atoms with Gasteiger partial charge in [0.2, 0.25) is 6.73 Å². The summed E-state index contributed by atoms with van der Waals surface area (Å²) in [5.74, 6) is 0.426. The second-order valence-corrected chi connectivity index (χ2v) is 7.83. The van der Waals surface area contributed by atoms with Gasteiger partial charge in [0.05, 0.1) is 6.07 Å². The summed E-state index contributed by atoms with van der Waals surface area (Å²) in [5.41, 5.74) is 3.47. The molecule has 1 atom stereocenters. The van der Waals surface area contributed by atoms with E-state index in [4.69, 9.17) is 21.1 Å². The number of carbonyl (C=O) groups excluding carboxylic acids is 1. The van der Waals surface area contributed by atoms with Gasteiger partial charge in [0.15, 0.2) is 6.67 Å². The molecular weight excluding hydrogens is 416 g/mol. The molecule has 7 nitrogen and oxygen atoms in total. The molecule has 0 fully saturated rings. The molecule has 0 saturated carbocycles. The van der Waals surface area contributed by atoms with Gasteiger partial charge >= 0.3 is 6.16 Å². The molecule has 162 valence electrons. The monoisotopic (exact) mass is 441 g/mol. The lowest BCUT2D eigenvalue weighted by molar-refractivity contribution is -0.554. The number of unbranched alkanes of at least 4 members (excludes halogenated alkanes) is 1. The predicted octanol–water partition coefficient (Wildman–Crippen LogP) is 4.28. The first kappa shape index (κ1) is 22.6. The van der Waals surface area contributed by atoms with E-state index in [1.165, 1.54) is 0 Å². The van der Waals surface area contributed by atoms with Crippen LogP contribution in [0.15, 0.2) is 54.6 Å². The summed E-state index contributed by atoms with van der Waals surface area (Å²) in [5, 5.41) is 12.6. The molecular formula is C23H26ClN4O3+. The smallest absolute Gasteiger partial charge is 0.395 e. The molecule has 2 aromatic rings. The highest BCUT2D eigenvalue weighted by Gasteiger charge is 2.38. The maximum absolute atomic E-state index is 11.9. The summed E-state index contributed by atoms with van der Waals surface area (Å²) in [6, 6.07) is 18.7.